The third-order valence-electron chi connectivity index (χ3n) is 0. The first-order valence-electron chi connectivity index (χ1n) is 3.20. The second kappa shape index (κ2) is 29.6. The van der Waals surface area contributed by atoms with Crippen LogP contribution in [-0.2, 0) is 19.6 Å². The van der Waals surface area contributed by atoms with E-state index < -0.39 is 0 Å². The average molecular weight is 298 g/mol. The molecule has 0 aromatic rings. The number of nitrogens with one attached hydrogen (secondary N) is 1. The first-order valence-corrected chi connectivity index (χ1v) is 4.21. The molecule has 0 saturated carbocycles. The van der Waals surface area contributed by atoms with Gasteiger partial charge in [-0.1, -0.05) is 0 Å². The molecular weight excluding hydrogens is 277 g/mol. The fourth-order valence-corrected chi connectivity index (χ4v) is 0. The number of hydrogen-bond acceptors (Lipinski definition) is 1. The zero-order chi connectivity index (χ0) is 9.15. The van der Waals surface area contributed by atoms with Crippen molar-refractivity contribution in [3.63, 3.8) is 0 Å². The average Bonchev–Trinajstić information content (AvgIpc) is 1.66. The van der Waals surface area contributed by atoms with Crippen molar-refractivity contribution >= 4 is 24.8 Å². The van der Waals surface area contributed by atoms with Gasteiger partial charge in [-0.15, -0.1) is 24.8 Å². The summed E-state index contributed by atoms with van der Waals surface area (Å²) in [5, 5.41) is 0. The van der Waals surface area contributed by atoms with Gasteiger partial charge in [-0.05, 0) is 0 Å². The SMILES string of the molecule is C[C-](C)C.C[C-](C)C.Cl.Cl.[NH]=[Mo]. The predicted octanol–water partition coefficient (Wildman–Crippen LogP) is 4.38. The van der Waals surface area contributed by atoms with E-state index in [0.717, 1.165) is 0 Å². The Bertz CT molecular complexity index is 40.8. The zero-order valence-electron chi connectivity index (χ0n) is 8.72. The van der Waals surface area contributed by atoms with Crippen LogP contribution in [0.15, 0.2) is 0 Å². The molecule has 0 amide bonds. The van der Waals surface area contributed by atoms with Gasteiger partial charge in [0.25, 0.3) is 0 Å². The van der Waals surface area contributed by atoms with Crippen molar-refractivity contribution in [2.75, 3.05) is 0 Å². The van der Waals surface area contributed by atoms with Crippen molar-refractivity contribution < 1.29 is 19.6 Å². The number of halogens is 2. The van der Waals surface area contributed by atoms with Crippen molar-refractivity contribution in [3.8, 4) is 0 Å². The molecule has 0 aliphatic rings. The van der Waals surface area contributed by atoms with Gasteiger partial charge in [0.05, 0.1) is 0 Å². The fourth-order valence-electron chi connectivity index (χ4n) is 0. The standard InChI is InChI=1S/2C4H9.2ClH.Mo.HN/c2*1-4(2)3;;;;/h2*1-3H3;2*1H;;1H/q2*-1;;;;. The molecule has 0 atom stereocenters. The van der Waals surface area contributed by atoms with Crippen LogP contribution in [0.2, 0.25) is 0 Å². The molecule has 0 aliphatic carbocycles. The zero-order valence-corrected chi connectivity index (χ0v) is 12.4. The van der Waals surface area contributed by atoms with Crippen LogP contribution in [-0.4, -0.2) is 0 Å². The Morgan fingerprint density at radius 2 is 0.667 bits per heavy atom. The Kier molecular flexibility index (Phi) is 72.1. The Morgan fingerprint density at radius 3 is 0.667 bits per heavy atom. The second-order valence-corrected chi connectivity index (χ2v) is 3.00. The third kappa shape index (κ3) is 983. The summed E-state index contributed by atoms with van der Waals surface area (Å²) in [7, 11) is 0. The maximum absolute atomic E-state index is 5.76. The van der Waals surface area contributed by atoms with Gasteiger partial charge >= 0.3 is 23.5 Å². The van der Waals surface area contributed by atoms with Crippen molar-refractivity contribution in [1.29, 1.82) is 3.91 Å². The summed E-state index contributed by atoms with van der Waals surface area (Å²) in [6, 6.07) is 0. The fraction of sp³-hybridized carbons (Fsp3) is 0.750. The van der Waals surface area contributed by atoms with Gasteiger partial charge in [-0.3, -0.25) is 0 Å². The van der Waals surface area contributed by atoms with Gasteiger partial charge in [-0.25, -0.2) is 0 Å². The molecule has 0 heterocycles. The van der Waals surface area contributed by atoms with E-state index in [0.29, 0.717) is 0 Å². The first kappa shape index (κ1) is 29.2. The molecular formula is C8H21Cl2MoN-2. The Labute approximate surface area is 101 Å². The van der Waals surface area contributed by atoms with E-state index >= 15 is 0 Å². The maximum atomic E-state index is 5.76. The Hall–Kier alpha value is 1.07. The minimum atomic E-state index is 0. The summed E-state index contributed by atoms with van der Waals surface area (Å²) in [6.45, 7) is 12.5. The van der Waals surface area contributed by atoms with Crippen LogP contribution < -0.4 is 0 Å². The van der Waals surface area contributed by atoms with E-state index in [1.165, 1.54) is 31.5 Å². The van der Waals surface area contributed by atoms with Crippen LogP contribution in [0.4, 0.5) is 0 Å². The van der Waals surface area contributed by atoms with Gasteiger partial charge in [-0.2, -0.15) is 41.5 Å². The second-order valence-electron chi connectivity index (χ2n) is 3.00. The van der Waals surface area contributed by atoms with E-state index in [9.17, 15) is 0 Å². The molecule has 0 fully saturated rings. The van der Waals surface area contributed by atoms with Crippen molar-refractivity contribution in [2.45, 2.75) is 41.5 Å². The van der Waals surface area contributed by atoms with Crippen molar-refractivity contribution in [1.82, 2.24) is 0 Å². The normalized spacial score (nSPS) is 6.33. The molecule has 80 valence electrons. The molecule has 0 radical (unpaired) electrons. The molecule has 12 heavy (non-hydrogen) atoms. The van der Waals surface area contributed by atoms with Gasteiger partial charge in [0.2, 0.25) is 0 Å². The predicted molar refractivity (Wildman–Crippen MR) is 57.7 cm³/mol. The summed E-state index contributed by atoms with van der Waals surface area (Å²) in [5.41, 5.74) is 0. The van der Waals surface area contributed by atoms with Crippen LogP contribution >= 0.6 is 24.8 Å². The van der Waals surface area contributed by atoms with E-state index in [1.807, 2.05) is 0 Å². The van der Waals surface area contributed by atoms with E-state index in [1.54, 1.807) is 0 Å². The van der Waals surface area contributed by atoms with E-state index in [-0.39, 0.29) is 24.8 Å². The third-order valence-corrected chi connectivity index (χ3v) is 0. The molecule has 0 bridgehead atoms. The van der Waals surface area contributed by atoms with Crippen LogP contribution in [0.1, 0.15) is 41.5 Å². The van der Waals surface area contributed by atoms with E-state index in [2.05, 4.69) is 41.5 Å². The van der Waals surface area contributed by atoms with Crippen molar-refractivity contribution in [2.24, 2.45) is 0 Å². The molecule has 0 aliphatic heterocycles. The monoisotopic (exact) mass is 299 g/mol. The summed E-state index contributed by atoms with van der Waals surface area (Å²) >= 11 is 1.20. The summed E-state index contributed by atoms with van der Waals surface area (Å²) in [6.07, 6.45) is 0. The minimum absolute atomic E-state index is 0. The van der Waals surface area contributed by atoms with Crippen LogP contribution in [0.25, 0.3) is 0 Å². The number of hydrogen-bond donors (Lipinski definition) is 1. The van der Waals surface area contributed by atoms with Gasteiger partial charge in [0.1, 0.15) is 0 Å². The first-order chi connectivity index (χ1) is 4.46. The molecule has 0 aromatic carbocycles. The number of rotatable bonds is 0. The summed E-state index contributed by atoms with van der Waals surface area (Å²) in [4.78, 5) is 0. The Morgan fingerprint density at radius 1 is 0.667 bits per heavy atom. The topological polar surface area (TPSA) is 23.9 Å². The molecule has 0 spiro atoms. The van der Waals surface area contributed by atoms with Crippen molar-refractivity contribution in [3.05, 3.63) is 11.8 Å². The Balaban J connectivity index is -0.0000000198. The molecule has 0 rings (SSSR count). The molecule has 4 heteroatoms. The molecule has 1 N–H and O–H groups in total. The molecule has 0 saturated heterocycles. The van der Waals surface area contributed by atoms with Gasteiger partial charge in [0.15, 0.2) is 0 Å². The molecule has 1 nitrogen and oxygen atoms in total. The van der Waals surface area contributed by atoms with Crippen LogP contribution in [0.5, 0.6) is 0 Å². The summed E-state index contributed by atoms with van der Waals surface area (Å²) < 4.78 is 5.76. The van der Waals surface area contributed by atoms with Gasteiger partial charge in [0, 0.05) is 0 Å². The molecule has 0 unspecified atom stereocenters. The molecule has 0 aromatic heterocycles. The van der Waals surface area contributed by atoms with Crippen LogP contribution in [0, 0.1) is 15.7 Å². The van der Waals surface area contributed by atoms with Gasteiger partial charge < -0.3 is 11.8 Å². The van der Waals surface area contributed by atoms with E-state index in [4.69, 9.17) is 3.91 Å². The quantitative estimate of drug-likeness (QED) is 0.507. The summed E-state index contributed by atoms with van der Waals surface area (Å²) in [5.74, 6) is 2.83. The van der Waals surface area contributed by atoms with Crippen LogP contribution in [0.3, 0.4) is 0 Å².